The highest BCUT2D eigenvalue weighted by atomic mass is 19.1. The highest BCUT2D eigenvalue weighted by Crippen LogP contribution is 2.27. The normalized spacial score (nSPS) is 11.3. The van der Waals surface area contributed by atoms with E-state index in [0.29, 0.717) is 22.8 Å². The van der Waals surface area contributed by atoms with Crippen LogP contribution in [0.25, 0.3) is 21.7 Å². The standard InChI is InChI=1S/C18H17FO2/c1-2-3-4-7-12-10-11-14-13-8-5-6-9-15(13)18(20)21-17(14)16(12)19/h5-6,8-11H,2-4,7H2,1H3. The number of fused-ring (bicyclic) bond motifs is 3. The Labute approximate surface area is 122 Å². The van der Waals surface area contributed by atoms with Crippen LogP contribution in [-0.2, 0) is 6.42 Å². The first-order valence-electron chi connectivity index (χ1n) is 7.35. The summed E-state index contributed by atoms with van der Waals surface area (Å²) in [5, 5.41) is 1.88. The second-order valence-corrected chi connectivity index (χ2v) is 5.31. The van der Waals surface area contributed by atoms with E-state index in [1.165, 1.54) is 0 Å². The van der Waals surface area contributed by atoms with E-state index in [0.717, 1.165) is 24.6 Å². The van der Waals surface area contributed by atoms with Gasteiger partial charge in [0.25, 0.3) is 0 Å². The fraction of sp³-hybridized carbons (Fsp3) is 0.278. The van der Waals surface area contributed by atoms with E-state index in [1.807, 2.05) is 18.2 Å². The third kappa shape index (κ3) is 2.44. The molecule has 0 bridgehead atoms. The topological polar surface area (TPSA) is 30.2 Å². The zero-order valence-electron chi connectivity index (χ0n) is 12.0. The quantitative estimate of drug-likeness (QED) is 0.390. The number of aryl methyl sites for hydroxylation is 1. The molecule has 0 atom stereocenters. The largest absolute Gasteiger partial charge is 0.419 e. The summed E-state index contributed by atoms with van der Waals surface area (Å²) in [7, 11) is 0. The van der Waals surface area contributed by atoms with E-state index in [4.69, 9.17) is 4.42 Å². The van der Waals surface area contributed by atoms with Gasteiger partial charge in [-0.05, 0) is 24.5 Å². The molecule has 0 aliphatic carbocycles. The van der Waals surface area contributed by atoms with Crippen molar-refractivity contribution in [2.24, 2.45) is 0 Å². The molecular formula is C18H17FO2. The molecule has 0 aliphatic rings. The summed E-state index contributed by atoms with van der Waals surface area (Å²) >= 11 is 0. The van der Waals surface area contributed by atoms with Crippen molar-refractivity contribution in [3.05, 3.63) is 58.2 Å². The molecule has 3 heteroatoms. The lowest BCUT2D eigenvalue weighted by atomic mass is 10.0. The summed E-state index contributed by atoms with van der Waals surface area (Å²) in [5.41, 5.74) is 0.213. The van der Waals surface area contributed by atoms with Crippen LogP contribution in [0.15, 0.2) is 45.6 Å². The van der Waals surface area contributed by atoms with Crippen molar-refractivity contribution < 1.29 is 8.81 Å². The highest BCUT2D eigenvalue weighted by Gasteiger charge is 2.13. The second kappa shape index (κ2) is 5.68. The Hall–Kier alpha value is -2.16. The molecule has 0 N–H and O–H groups in total. The van der Waals surface area contributed by atoms with Gasteiger partial charge in [-0.3, -0.25) is 0 Å². The van der Waals surface area contributed by atoms with Crippen molar-refractivity contribution in [2.75, 3.05) is 0 Å². The van der Waals surface area contributed by atoms with Gasteiger partial charge in [0.1, 0.15) is 0 Å². The van der Waals surface area contributed by atoms with Gasteiger partial charge < -0.3 is 4.42 Å². The third-order valence-corrected chi connectivity index (χ3v) is 3.86. The molecule has 1 aromatic heterocycles. The minimum absolute atomic E-state index is 0.0766. The van der Waals surface area contributed by atoms with Gasteiger partial charge in [0.15, 0.2) is 11.4 Å². The van der Waals surface area contributed by atoms with Crippen LogP contribution in [0.5, 0.6) is 0 Å². The molecule has 21 heavy (non-hydrogen) atoms. The van der Waals surface area contributed by atoms with Gasteiger partial charge in [0, 0.05) is 10.8 Å². The average Bonchev–Trinajstić information content (AvgIpc) is 2.51. The molecule has 3 aromatic rings. The molecule has 0 radical (unpaired) electrons. The SMILES string of the molecule is CCCCCc1ccc2c(oc(=O)c3ccccc32)c1F. The molecule has 3 rings (SSSR count). The number of halogens is 1. The van der Waals surface area contributed by atoms with Crippen LogP contribution in [-0.4, -0.2) is 0 Å². The van der Waals surface area contributed by atoms with E-state index in [2.05, 4.69) is 6.92 Å². The van der Waals surface area contributed by atoms with Gasteiger partial charge in [-0.25, -0.2) is 9.18 Å². The first-order chi connectivity index (χ1) is 10.2. The van der Waals surface area contributed by atoms with Gasteiger partial charge in [-0.15, -0.1) is 0 Å². The maximum atomic E-state index is 14.6. The van der Waals surface area contributed by atoms with Crippen molar-refractivity contribution >= 4 is 21.7 Å². The predicted molar refractivity (Wildman–Crippen MR) is 83.2 cm³/mol. The molecule has 0 saturated heterocycles. The Kier molecular flexibility index (Phi) is 3.74. The van der Waals surface area contributed by atoms with Gasteiger partial charge in [0.2, 0.25) is 0 Å². The number of hydrogen-bond donors (Lipinski definition) is 0. The molecule has 0 spiro atoms. The summed E-state index contributed by atoms with van der Waals surface area (Å²) in [5.74, 6) is -0.397. The Morgan fingerprint density at radius 1 is 1.00 bits per heavy atom. The summed E-state index contributed by atoms with van der Waals surface area (Å²) in [4.78, 5) is 12.0. The molecule has 108 valence electrons. The average molecular weight is 284 g/mol. The first-order valence-corrected chi connectivity index (χ1v) is 7.35. The van der Waals surface area contributed by atoms with Crippen molar-refractivity contribution in [3.8, 4) is 0 Å². The van der Waals surface area contributed by atoms with E-state index in [1.54, 1.807) is 18.2 Å². The number of unbranched alkanes of at least 4 members (excludes halogenated alkanes) is 2. The fourth-order valence-electron chi connectivity index (χ4n) is 2.71. The molecule has 2 nitrogen and oxygen atoms in total. The molecular weight excluding hydrogens is 267 g/mol. The predicted octanol–water partition coefficient (Wildman–Crippen LogP) is 4.82. The molecule has 0 amide bonds. The second-order valence-electron chi connectivity index (χ2n) is 5.31. The van der Waals surface area contributed by atoms with Gasteiger partial charge >= 0.3 is 5.63 Å². The van der Waals surface area contributed by atoms with Crippen LogP contribution in [0, 0.1) is 5.82 Å². The highest BCUT2D eigenvalue weighted by molar-refractivity contribution is 6.04. The lowest BCUT2D eigenvalue weighted by Gasteiger charge is -2.07. The third-order valence-electron chi connectivity index (χ3n) is 3.86. The summed E-state index contributed by atoms with van der Waals surface area (Å²) < 4.78 is 19.8. The zero-order chi connectivity index (χ0) is 14.8. The Bertz CT molecular complexity index is 849. The monoisotopic (exact) mass is 284 g/mol. The Balaban J connectivity index is 2.20. The van der Waals surface area contributed by atoms with Crippen LogP contribution in [0.4, 0.5) is 4.39 Å². The Morgan fingerprint density at radius 2 is 1.76 bits per heavy atom. The molecule has 0 aliphatic heterocycles. The Morgan fingerprint density at radius 3 is 2.52 bits per heavy atom. The van der Waals surface area contributed by atoms with E-state index >= 15 is 0 Å². The maximum Gasteiger partial charge on any atom is 0.344 e. The smallest absolute Gasteiger partial charge is 0.344 e. The fourth-order valence-corrected chi connectivity index (χ4v) is 2.71. The van der Waals surface area contributed by atoms with E-state index in [-0.39, 0.29) is 5.58 Å². The minimum Gasteiger partial charge on any atom is -0.419 e. The summed E-state index contributed by atoms with van der Waals surface area (Å²) in [6, 6.07) is 10.8. The van der Waals surface area contributed by atoms with Crippen LogP contribution in [0.3, 0.4) is 0 Å². The maximum absolute atomic E-state index is 14.6. The number of rotatable bonds is 4. The molecule has 1 heterocycles. The number of hydrogen-bond acceptors (Lipinski definition) is 2. The van der Waals surface area contributed by atoms with Crippen molar-refractivity contribution in [1.82, 2.24) is 0 Å². The van der Waals surface area contributed by atoms with Crippen molar-refractivity contribution in [3.63, 3.8) is 0 Å². The minimum atomic E-state index is -0.484. The lowest BCUT2D eigenvalue weighted by Crippen LogP contribution is -2.02. The van der Waals surface area contributed by atoms with Crippen LogP contribution >= 0.6 is 0 Å². The molecule has 0 fully saturated rings. The lowest BCUT2D eigenvalue weighted by molar-refractivity contribution is 0.522. The van der Waals surface area contributed by atoms with Crippen LogP contribution in [0.1, 0.15) is 31.7 Å². The van der Waals surface area contributed by atoms with E-state index in [9.17, 15) is 9.18 Å². The molecule has 0 saturated carbocycles. The van der Waals surface area contributed by atoms with Crippen LogP contribution in [0.2, 0.25) is 0 Å². The number of benzene rings is 2. The summed E-state index contributed by atoms with van der Waals surface area (Å²) in [6.45, 7) is 2.11. The van der Waals surface area contributed by atoms with Gasteiger partial charge in [0.05, 0.1) is 5.39 Å². The van der Waals surface area contributed by atoms with Crippen molar-refractivity contribution in [1.29, 1.82) is 0 Å². The summed E-state index contributed by atoms with van der Waals surface area (Å²) in [6.07, 6.45) is 3.77. The zero-order valence-corrected chi connectivity index (χ0v) is 12.0. The van der Waals surface area contributed by atoms with Crippen molar-refractivity contribution in [2.45, 2.75) is 32.6 Å². The van der Waals surface area contributed by atoms with E-state index < -0.39 is 11.4 Å². The molecule has 2 aromatic carbocycles. The van der Waals surface area contributed by atoms with Gasteiger partial charge in [-0.1, -0.05) is 50.1 Å². The van der Waals surface area contributed by atoms with Crippen LogP contribution < -0.4 is 5.63 Å². The van der Waals surface area contributed by atoms with Gasteiger partial charge in [-0.2, -0.15) is 0 Å². The molecule has 0 unspecified atom stereocenters. The first kappa shape index (κ1) is 13.8.